The third-order valence-electron chi connectivity index (χ3n) is 2.01. The molecule has 0 radical (unpaired) electrons. The Bertz CT molecular complexity index is 415. The number of ether oxygens (including phenoxy) is 1. The molecule has 0 saturated heterocycles. The van der Waals surface area contributed by atoms with Crippen molar-refractivity contribution in [2.24, 2.45) is 5.73 Å². The molecule has 0 saturated carbocycles. The molecule has 0 aromatic carbocycles. The number of methoxy groups -OCH3 is 1. The highest BCUT2D eigenvalue weighted by Crippen LogP contribution is 2.43. The summed E-state index contributed by atoms with van der Waals surface area (Å²) in [7, 11) is 1.27. The maximum absolute atomic E-state index is 12.9. The molecular formula is C8H10F5N3O2. The molecule has 1 rings (SSSR count). The van der Waals surface area contributed by atoms with Crippen LogP contribution in [0.5, 0.6) is 0 Å². The van der Waals surface area contributed by atoms with Gasteiger partial charge >= 0.3 is 18.0 Å². The van der Waals surface area contributed by atoms with E-state index in [2.05, 4.69) is 19.4 Å². The fraction of sp³-hybridized carbons (Fsp3) is 0.750. The van der Waals surface area contributed by atoms with Crippen LogP contribution in [0, 0.1) is 0 Å². The SMILES string of the molecule is COCC(C)(N)c1noc(C(F)(F)C(F)(F)F)n1. The van der Waals surface area contributed by atoms with Crippen LogP contribution in [-0.4, -0.2) is 30.0 Å². The fourth-order valence-electron chi connectivity index (χ4n) is 1.07. The van der Waals surface area contributed by atoms with Gasteiger partial charge in [-0.25, -0.2) is 0 Å². The monoisotopic (exact) mass is 275 g/mol. The van der Waals surface area contributed by atoms with Gasteiger partial charge in [-0.15, -0.1) is 0 Å². The predicted octanol–water partition coefficient (Wildman–Crippen LogP) is 1.54. The van der Waals surface area contributed by atoms with Gasteiger partial charge in [0.1, 0.15) is 5.54 Å². The molecule has 1 unspecified atom stereocenters. The predicted molar refractivity (Wildman–Crippen MR) is 47.7 cm³/mol. The van der Waals surface area contributed by atoms with E-state index < -0.39 is 29.4 Å². The Kier molecular flexibility index (Phi) is 3.63. The van der Waals surface area contributed by atoms with Crippen molar-refractivity contribution in [3.05, 3.63) is 11.7 Å². The highest BCUT2D eigenvalue weighted by molar-refractivity contribution is 5.05. The zero-order valence-corrected chi connectivity index (χ0v) is 9.39. The minimum atomic E-state index is -5.82. The Hall–Kier alpha value is -1.29. The molecule has 0 fully saturated rings. The molecule has 1 heterocycles. The minimum Gasteiger partial charge on any atom is -0.382 e. The molecule has 0 aliphatic carbocycles. The van der Waals surface area contributed by atoms with Crippen molar-refractivity contribution in [2.45, 2.75) is 24.6 Å². The number of hydrogen-bond donors (Lipinski definition) is 1. The van der Waals surface area contributed by atoms with Crippen LogP contribution in [-0.2, 0) is 16.2 Å². The fourth-order valence-corrected chi connectivity index (χ4v) is 1.07. The lowest BCUT2D eigenvalue weighted by Crippen LogP contribution is -2.39. The normalized spacial score (nSPS) is 16.7. The van der Waals surface area contributed by atoms with Gasteiger partial charge in [0.05, 0.1) is 6.61 Å². The van der Waals surface area contributed by atoms with E-state index in [0.29, 0.717) is 0 Å². The summed E-state index contributed by atoms with van der Waals surface area (Å²) in [5.74, 6) is -7.57. The summed E-state index contributed by atoms with van der Waals surface area (Å²) in [6.45, 7) is 1.13. The van der Waals surface area contributed by atoms with Gasteiger partial charge < -0.3 is 15.0 Å². The summed E-state index contributed by atoms with van der Waals surface area (Å²) in [4.78, 5) is 2.99. The van der Waals surface area contributed by atoms with Crippen molar-refractivity contribution < 1.29 is 31.2 Å². The van der Waals surface area contributed by atoms with Gasteiger partial charge in [0.2, 0.25) is 0 Å². The zero-order valence-electron chi connectivity index (χ0n) is 9.39. The largest absolute Gasteiger partial charge is 0.463 e. The Morgan fingerprint density at radius 2 is 1.83 bits per heavy atom. The molecule has 0 spiro atoms. The molecule has 10 heteroatoms. The van der Waals surface area contributed by atoms with Crippen LogP contribution < -0.4 is 5.73 Å². The minimum absolute atomic E-state index is 0.177. The maximum atomic E-state index is 12.9. The molecule has 1 aromatic heterocycles. The van der Waals surface area contributed by atoms with E-state index in [1.54, 1.807) is 0 Å². The number of nitrogens with zero attached hydrogens (tertiary/aromatic N) is 2. The Balaban J connectivity index is 3.08. The van der Waals surface area contributed by atoms with Crippen LogP contribution in [0.25, 0.3) is 0 Å². The summed E-state index contributed by atoms with van der Waals surface area (Å²) in [6.07, 6.45) is -5.82. The molecule has 18 heavy (non-hydrogen) atoms. The summed E-state index contributed by atoms with van der Waals surface area (Å²) < 4.78 is 70.4. The van der Waals surface area contributed by atoms with Gasteiger partial charge in [0.15, 0.2) is 5.82 Å². The molecular weight excluding hydrogens is 265 g/mol. The summed E-state index contributed by atoms with van der Waals surface area (Å²) >= 11 is 0. The van der Waals surface area contributed by atoms with E-state index in [9.17, 15) is 22.0 Å². The maximum Gasteiger partial charge on any atom is 0.463 e. The summed E-state index contributed by atoms with van der Waals surface area (Å²) in [6, 6.07) is 0. The molecule has 5 nitrogen and oxygen atoms in total. The number of aromatic nitrogens is 2. The first-order chi connectivity index (χ1) is 8.02. The van der Waals surface area contributed by atoms with Gasteiger partial charge in [0, 0.05) is 7.11 Å². The molecule has 0 aliphatic heterocycles. The van der Waals surface area contributed by atoms with Crippen molar-refractivity contribution in [1.82, 2.24) is 10.1 Å². The third-order valence-corrected chi connectivity index (χ3v) is 2.01. The molecule has 104 valence electrons. The highest BCUT2D eigenvalue weighted by atomic mass is 19.4. The lowest BCUT2D eigenvalue weighted by Gasteiger charge is -2.18. The van der Waals surface area contributed by atoms with Gasteiger partial charge in [-0.1, -0.05) is 5.16 Å². The van der Waals surface area contributed by atoms with E-state index in [-0.39, 0.29) is 6.61 Å². The smallest absolute Gasteiger partial charge is 0.382 e. The van der Waals surface area contributed by atoms with Crippen molar-refractivity contribution in [1.29, 1.82) is 0 Å². The number of rotatable bonds is 4. The van der Waals surface area contributed by atoms with Crippen molar-refractivity contribution in [2.75, 3.05) is 13.7 Å². The summed E-state index contributed by atoms with van der Waals surface area (Å²) in [5, 5.41) is 3.02. The number of hydrogen-bond acceptors (Lipinski definition) is 5. The van der Waals surface area contributed by atoms with Crippen molar-refractivity contribution >= 4 is 0 Å². The second kappa shape index (κ2) is 4.43. The standard InChI is InChI=1S/C8H10F5N3O2/c1-6(14,3-17-2)4-15-5(18-16-4)7(9,10)8(11,12)13/h3,14H2,1-2H3. The molecule has 2 N–H and O–H groups in total. The Labute approximate surface area is 98.1 Å². The van der Waals surface area contributed by atoms with Crippen molar-refractivity contribution in [3.63, 3.8) is 0 Å². The lowest BCUT2D eigenvalue weighted by atomic mass is 10.1. The first kappa shape index (κ1) is 14.8. The van der Waals surface area contributed by atoms with Crippen LogP contribution in [0.15, 0.2) is 4.52 Å². The Morgan fingerprint density at radius 3 is 2.28 bits per heavy atom. The first-order valence-electron chi connectivity index (χ1n) is 4.59. The number of nitrogens with two attached hydrogens (primary N) is 1. The highest BCUT2D eigenvalue weighted by Gasteiger charge is 2.63. The van der Waals surface area contributed by atoms with Gasteiger partial charge in [-0.2, -0.15) is 26.9 Å². The third kappa shape index (κ3) is 2.58. The zero-order chi connectivity index (χ0) is 14.2. The second-order valence-corrected chi connectivity index (χ2v) is 3.85. The lowest BCUT2D eigenvalue weighted by molar-refractivity contribution is -0.298. The van der Waals surface area contributed by atoms with Crippen LogP contribution >= 0.6 is 0 Å². The molecule has 0 amide bonds. The van der Waals surface area contributed by atoms with E-state index in [0.717, 1.165) is 0 Å². The first-order valence-corrected chi connectivity index (χ1v) is 4.59. The van der Waals surface area contributed by atoms with E-state index >= 15 is 0 Å². The molecule has 0 aliphatic rings. The van der Waals surface area contributed by atoms with E-state index in [1.165, 1.54) is 14.0 Å². The van der Waals surface area contributed by atoms with Gasteiger partial charge in [-0.05, 0) is 6.92 Å². The van der Waals surface area contributed by atoms with Gasteiger partial charge in [0.25, 0.3) is 0 Å². The topological polar surface area (TPSA) is 74.2 Å². The quantitative estimate of drug-likeness (QED) is 0.844. The summed E-state index contributed by atoms with van der Waals surface area (Å²) in [5.41, 5.74) is 4.15. The average Bonchev–Trinajstić information content (AvgIpc) is 2.64. The Morgan fingerprint density at radius 1 is 1.28 bits per heavy atom. The second-order valence-electron chi connectivity index (χ2n) is 3.85. The molecule has 1 atom stereocenters. The molecule has 0 bridgehead atoms. The van der Waals surface area contributed by atoms with Crippen LogP contribution in [0.4, 0.5) is 22.0 Å². The van der Waals surface area contributed by atoms with Crippen LogP contribution in [0.3, 0.4) is 0 Å². The average molecular weight is 275 g/mol. The number of alkyl halides is 5. The van der Waals surface area contributed by atoms with Crippen molar-refractivity contribution in [3.8, 4) is 0 Å². The van der Waals surface area contributed by atoms with Crippen LogP contribution in [0.2, 0.25) is 0 Å². The number of halogens is 5. The van der Waals surface area contributed by atoms with Crippen LogP contribution in [0.1, 0.15) is 18.6 Å². The molecule has 1 aromatic rings. The van der Waals surface area contributed by atoms with E-state index in [4.69, 9.17) is 5.73 Å². The van der Waals surface area contributed by atoms with E-state index in [1.807, 2.05) is 0 Å². The van der Waals surface area contributed by atoms with Gasteiger partial charge in [-0.3, -0.25) is 0 Å².